The fourth-order valence-electron chi connectivity index (χ4n) is 2.51. The van der Waals surface area contributed by atoms with Gasteiger partial charge in [0.15, 0.2) is 5.96 Å². The summed E-state index contributed by atoms with van der Waals surface area (Å²) in [6.45, 7) is 4.30. The van der Waals surface area contributed by atoms with Crippen LogP contribution in [-0.2, 0) is 0 Å². The molecule has 0 amide bonds. The van der Waals surface area contributed by atoms with Gasteiger partial charge in [-0.1, -0.05) is 0 Å². The first-order valence-electron chi connectivity index (χ1n) is 7.80. The standard InChI is InChI=1S/C18H20FN3O2/c1-11(2)24-14-6-4-13(5-7-14)21-18(20)22-16-10-23-17-8-3-12(19)9-15(16)17/h3-9,11,16H,10H2,1-2H3,(H3,20,21,22). The molecule has 0 saturated heterocycles. The summed E-state index contributed by atoms with van der Waals surface area (Å²) in [5.41, 5.74) is 7.46. The normalized spacial score (nSPS) is 16.7. The van der Waals surface area contributed by atoms with E-state index in [-0.39, 0.29) is 23.9 Å². The molecule has 3 N–H and O–H groups in total. The summed E-state index contributed by atoms with van der Waals surface area (Å²) in [6.07, 6.45) is 0.123. The summed E-state index contributed by atoms with van der Waals surface area (Å²) in [6, 6.07) is 11.5. The predicted octanol–water partition coefficient (Wildman–Crippen LogP) is 3.47. The van der Waals surface area contributed by atoms with Crippen molar-refractivity contribution >= 4 is 11.6 Å². The number of nitrogens with one attached hydrogen (secondary N) is 1. The van der Waals surface area contributed by atoms with Gasteiger partial charge >= 0.3 is 0 Å². The second-order valence-corrected chi connectivity index (χ2v) is 5.84. The maximum Gasteiger partial charge on any atom is 0.193 e. The zero-order valence-electron chi connectivity index (χ0n) is 13.6. The summed E-state index contributed by atoms with van der Waals surface area (Å²) in [5.74, 6) is 1.37. The lowest BCUT2D eigenvalue weighted by Gasteiger charge is -2.11. The van der Waals surface area contributed by atoms with Crippen LogP contribution in [-0.4, -0.2) is 18.7 Å². The quantitative estimate of drug-likeness (QED) is 0.666. The predicted molar refractivity (Wildman–Crippen MR) is 92.1 cm³/mol. The number of rotatable bonds is 4. The maximum absolute atomic E-state index is 13.4. The number of nitrogens with two attached hydrogens (primary N) is 1. The summed E-state index contributed by atoms with van der Waals surface area (Å²) in [5, 5.41) is 3.02. The summed E-state index contributed by atoms with van der Waals surface area (Å²) < 4.78 is 24.5. The van der Waals surface area contributed by atoms with E-state index in [0.717, 1.165) is 11.4 Å². The van der Waals surface area contributed by atoms with E-state index in [0.29, 0.717) is 17.9 Å². The Morgan fingerprint density at radius 1 is 1.29 bits per heavy atom. The lowest BCUT2D eigenvalue weighted by molar-refractivity contribution is 0.242. The van der Waals surface area contributed by atoms with Gasteiger partial charge in [-0.2, -0.15) is 0 Å². The Kier molecular flexibility index (Phi) is 4.55. The van der Waals surface area contributed by atoms with Gasteiger partial charge in [0, 0.05) is 11.3 Å². The molecule has 2 aromatic rings. The number of benzene rings is 2. The fourth-order valence-corrected chi connectivity index (χ4v) is 2.51. The molecule has 6 heteroatoms. The van der Waals surface area contributed by atoms with Crippen LogP contribution in [0.15, 0.2) is 47.5 Å². The van der Waals surface area contributed by atoms with Crippen LogP contribution in [0, 0.1) is 5.82 Å². The molecule has 1 aliphatic heterocycles. The number of nitrogens with zero attached hydrogens (tertiary/aromatic N) is 1. The van der Waals surface area contributed by atoms with Gasteiger partial charge in [0.1, 0.15) is 30.0 Å². The average molecular weight is 329 g/mol. The highest BCUT2D eigenvalue weighted by Crippen LogP contribution is 2.35. The van der Waals surface area contributed by atoms with Crippen LogP contribution in [0.5, 0.6) is 11.5 Å². The third-order valence-corrected chi connectivity index (χ3v) is 3.52. The first-order valence-corrected chi connectivity index (χ1v) is 7.80. The van der Waals surface area contributed by atoms with E-state index in [2.05, 4.69) is 10.3 Å². The third-order valence-electron chi connectivity index (χ3n) is 3.52. The van der Waals surface area contributed by atoms with Gasteiger partial charge in [-0.3, -0.25) is 0 Å². The maximum atomic E-state index is 13.4. The lowest BCUT2D eigenvalue weighted by atomic mass is 10.1. The summed E-state index contributed by atoms with van der Waals surface area (Å²) in [4.78, 5) is 4.38. The van der Waals surface area contributed by atoms with Crippen molar-refractivity contribution in [2.24, 2.45) is 10.7 Å². The highest BCUT2D eigenvalue weighted by molar-refractivity contribution is 5.92. The molecule has 1 aliphatic rings. The van der Waals surface area contributed by atoms with Gasteiger partial charge in [0.05, 0.1) is 6.10 Å². The lowest BCUT2D eigenvalue weighted by Crippen LogP contribution is -2.23. The van der Waals surface area contributed by atoms with Crippen LogP contribution in [0.25, 0.3) is 0 Å². The van der Waals surface area contributed by atoms with Crippen LogP contribution in [0.2, 0.25) is 0 Å². The van der Waals surface area contributed by atoms with E-state index in [1.807, 2.05) is 38.1 Å². The van der Waals surface area contributed by atoms with Crippen LogP contribution >= 0.6 is 0 Å². The second kappa shape index (κ2) is 6.78. The minimum Gasteiger partial charge on any atom is -0.491 e. The average Bonchev–Trinajstić information content (AvgIpc) is 2.91. The molecule has 126 valence electrons. The molecular formula is C18H20FN3O2. The van der Waals surface area contributed by atoms with Crippen molar-refractivity contribution in [3.05, 3.63) is 53.8 Å². The van der Waals surface area contributed by atoms with Gasteiger partial charge in [-0.25, -0.2) is 9.38 Å². The molecule has 2 aromatic carbocycles. The molecule has 3 rings (SSSR count). The number of anilines is 1. The van der Waals surface area contributed by atoms with Crippen molar-refractivity contribution < 1.29 is 13.9 Å². The molecule has 5 nitrogen and oxygen atoms in total. The Morgan fingerprint density at radius 2 is 2.04 bits per heavy atom. The van der Waals surface area contributed by atoms with Gasteiger partial charge in [-0.15, -0.1) is 0 Å². The van der Waals surface area contributed by atoms with Crippen molar-refractivity contribution in [3.63, 3.8) is 0 Å². The van der Waals surface area contributed by atoms with Crippen LogP contribution < -0.4 is 20.5 Å². The van der Waals surface area contributed by atoms with Crippen LogP contribution in [0.1, 0.15) is 25.5 Å². The molecule has 1 heterocycles. The molecule has 0 aromatic heterocycles. The zero-order valence-corrected chi connectivity index (χ0v) is 13.6. The minimum absolute atomic E-state index is 0.123. The summed E-state index contributed by atoms with van der Waals surface area (Å²) in [7, 11) is 0. The molecule has 1 unspecified atom stereocenters. The van der Waals surface area contributed by atoms with E-state index in [9.17, 15) is 4.39 Å². The second-order valence-electron chi connectivity index (χ2n) is 5.84. The van der Waals surface area contributed by atoms with Crippen molar-refractivity contribution in [2.45, 2.75) is 26.0 Å². The molecule has 0 saturated carbocycles. The Bertz CT molecular complexity index is 744. The molecule has 1 atom stereocenters. The van der Waals surface area contributed by atoms with Crippen molar-refractivity contribution in [1.29, 1.82) is 0 Å². The smallest absolute Gasteiger partial charge is 0.193 e. The number of aliphatic imine (C=N–C) groups is 1. The highest BCUT2D eigenvalue weighted by atomic mass is 19.1. The van der Waals surface area contributed by atoms with Gasteiger partial charge < -0.3 is 20.5 Å². The highest BCUT2D eigenvalue weighted by Gasteiger charge is 2.24. The molecule has 24 heavy (non-hydrogen) atoms. The number of halogens is 1. The number of hydrogen-bond donors (Lipinski definition) is 2. The number of fused-ring (bicyclic) bond motifs is 1. The Balaban J connectivity index is 1.68. The van der Waals surface area contributed by atoms with E-state index in [1.165, 1.54) is 12.1 Å². The SMILES string of the molecule is CC(C)Oc1ccc(NC(N)=NC2COc3ccc(F)cc32)cc1. The summed E-state index contributed by atoms with van der Waals surface area (Å²) >= 11 is 0. The molecule has 0 spiro atoms. The van der Waals surface area contributed by atoms with Crippen molar-refractivity contribution in [3.8, 4) is 11.5 Å². The molecular weight excluding hydrogens is 309 g/mol. The number of ether oxygens (including phenoxy) is 2. The first kappa shape index (κ1) is 16.1. The Morgan fingerprint density at radius 3 is 2.75 bits per heavy atom. The van der Waals surface area contributed by atoms with E-state index in [4.69, 9.17) is 15.2 Å². The fraction of sp³-hybridized carbons (Fsp3) is 0.278. The van der Waals surface area contributed by atoms with Crippen molar-refractivity contribution in [2.75, 3.05) is 11.9 Å². The number of guanidine groups is 1. The molecule has 0 radical (unpaired) electrons. The van der Waals surface area contributed by atoms with Crippen molar-refractivity contribution in [1.82, 2.24) is 0 Å². The van der Waals surface area contributed by atoms with E-state index < -0.39 is 0 Å². The Labute approximate surface area is 140 Å². The van der Waals surface area contributed by atoms with E-state index in [1.54, 1.807) is 6.07 Å². The molecule has 0 fully saturated rings. The largest absolute Gasteiger partial charge is 0.491 e. The van der Waals surface area contributed by atoms with Gasteiger partial charge in [0.2, 0.25) is 0 Å². The molecule has 0 aliphatic carbocycles. The van der Waals surface area contributed by atoms with Crippen LogP contribution in [0.3, 0.4) is 0 Å². The first-order chi connectivity index (χ1) is 11.5. The molecule has 0 bridgehead atoms. The minimum atomic E-state index is -0.313. The monoisotopic (exact) mass is 329 g/mol. The van der Waals surface area contributed by atoms with Gasteiger partial charge in [-0.05, 0) is 56.3 Å². The number of hydrogen-bond acceptors (Lipinski definition) is 3. The topological polar surface area (TPSA) is 68.9 Å². The van der Waals surface area contributed by atoms with Gasteiger partial charge in [0.25, 0.3) is 0 Å². The zero-order chi connectivity index (χ0) is 17.1. The third kappa shape index (κ3) is 3.76. The van der Waals surface area contributed by atoms with Crippen LogP contribution in [0.4, 0.5) is 10.1 Å². The Hall–Kier alpha value is -2.76. The van der Waals surface area contributed by atoms with E-state index >= 15 is 0 Å².